The number of hydrogen-bond acceptors (Lipinski definition) is 3. The van der Waals surface area contributed by atoms with Crippen LogP contribution in [0.2, 0.25) is 5.02 Å². The van der Waals surface area contributed by atoms with Crippen molar-refractivity contribution in [2.24, 2.45) is 0 Å². The summed E-state index contributed by atoms with van der Waals surface area (Å²) in [6.07, 6.45) is 0. The SMILES string of the molecule is COCCN(CC(=O)Nc1c(C)cc(C)cc1Cl)C(C)=O. The third kappa shape index (κ3) is 5.36. The first kappa shape index (κ1) is 17.5. The Hall–Kier alpha value is -1.59. The van der Waals surface area contributed by atoms with Gasteiger partial charge in [0.05, 0.1) is 23.9 Å². The molecule has 1 aromatic carbocycles. The molecule has 0 radical (unpaired) electrons. The summed E-state index contributed by atoms with van der Waals surface area (Å²) in [4.78, 5) is 25.0. The highest BCUT2D eigenvalue weighted by molar-refractivity contribution is 6.34. The third-order valence-corrected chi connectivity index (χ3v) is 3.34. The normalized spacial score (nSPS) is 10.3. The van der Waals surface area contributed by atoms with Gasteiger partial charge in [0.15, 0.2) is 0 Å². The number of halogens is 1. The van der Waals surface area contributed by atoms with Gasteiger partial charge >= 0.3 is 0 Å². The Labute approximate surface area is 130 Å². The van der Waals surface area contributed by atoms with E-state index in [2.05, 4.69) is 5.32 Å². The van der Waals surface area contributed by atoms with Crippen molar-refractivity contribution < 1.29 is 14.3 Å². The van der Waals surface area contributed by atoms with Gasteiger partial charge in [-0.25, -0.2) is 0 Å². The molecule has 0 aliphatic heterocycles. The summed E-state index contributed by atoms with van der Waals surface area (Å²) < 4.78 is 4.93. The van der Waals surface area contributed by atoms with Gasteiger partial charge in [-0.2, -0.15) is 0 Å². The maximum absolute atomic E-state index is 12.1. The molecule has 1 rings (SSSR count). The van der Waals surface area contributed by atoms with Gasteiger partial charge in [0.1, 0.15) is 0 Å². The average molecular weight is 313 g/mol. The number of benzene rings is 1. The van der Waals surface area contributed by atoms with E-state index in [1.54, 1.807) is 13.2 Å². The van der Waals surface area contributed by atoms with E-state index in [0.29, 0.717) is 23.9 Å². The number of amides is 2. The highest BCUT2D eigenvalue weighted by Crippen LogP contribution is 2.27. The smallest absolute Gasteiger partial charge is 0.244 e. The fourth-order valence-corrected chi connectivity index (χ4v) is 2.34. The fraction of sp³-hybridized carbons (Fsp3) is 0.467. The number of anilines is 1. The van der Waals surface area contributed by atoms with Crippen LogP contribution in [0.1, 0.15) is 18.1 Å². The van der Waals surface area contributed by atoms with E-state index >= 15 is 0 Å². The predicted molar refractivity (Wildman–Crippen MR) is 83.7 cm³/mol. The molecule has 21 heavy (non-hydrogen) atoms. The van der Waals surface area contributed by atoms with Crippen molar-refractivity contribution in [3.05, 3.63) is 28.3 Å². The highest BCUT2D eigenvalue weighted by Gasteiger charge is 2.15. The molecule has 0 aliphatic carbocycles. The van der Waals surface area contributed by atoms with E-state index in [-0.39, 0.29) is 18.4 Å². The Balaban J connectivity index is 2.74. The van der Waals surface area contributed by atoms with Crippen molar-refractivity contribution in [3.63, 3.8) is 0 Å². The molecule has 116 valence electrons. The lowest BCUT2D eigenvalue weighted by Gasteiger charge is -2.20. The minimum absolute atomic E-state index is 0.0255. The Bertz CT molecular complexity index is 509. The van der Waals surface area contributed by atoms with E-state index in [4.69, 9.17) is 16.3 Å². The number of rotatable bonds is 6. The average Bonchev–Trinajstić information content (AvgIpc) is 2.38. The van der Waals surface area contributed by atoms with Crippen LogP contribution in [0.25, 0.3) is 0 Å². The summed E-state index contributed by atoms with van der Waals surface area (Å²) in [5, 5.41) is 3.25. The van der Waals surface area contributed by atoms with Crippen LogP contribution in [0.5, 0.6) is 0 Å². The molecule has 5 nitrogen and oxygen atoms in total. The van der Waals surface area contributed by atoms with E-state index in [0.717, 1.165) is 11.1 Å². The van der Waals surface area contributed by atoms with Crippen LogP contribution >= 0.6 is 11.6 Å². The summed E-state index contributed by atoms with van der Waals surface area (Å²) in [5.74, 6) is -0.455. The van der Waals surface area contributed by atoms with Gasteiger partial charge in [-0.15, -0.1) is 0 Å². The largest absolute Gasteiger partial charge is 0.383 e. The Morgan fingerprint density at radius 2 is 2.00 bits per heavy atom. The topological polar surface area (TPSA) is 58.6 Å². The van der Waals surface area contributed by atoms with Crippen molar-refractivity contribution in [3.8, 4) is 0 Å². The molecule has 0 saturated carbocycles. The summed E-state index contributed by atoms with van der Waals surface area (Å²) >= 11 is 6.15. The third-order valence-electron chi connectivity index (χ3n) is 3.04. The van der Waals surface area contributed by atoms with Gasteiger partial charge < -0.3 is 15.0 Å². The number of methoxy groups -OCH3 is 1. The molecule has 0 saturated heterocycles. The van der Waals surface area contributed by atoms with Crippen molar-refractivity contribution in [1.29, 1.82) is 0 Å². The molecule has 2 amide bonds. The lowest BCUT2D eigenvalue weighted by molar-refractivity contribution is -0.133. The monoisotopic (exact) mass is 312 g/mol. The van der Waals surface area contributed by atoms with Crippen molar-refractivity contribution >= 4 is 29.1 Å². The van der Waals surface area contributed by atoms with Crippen LogP contribution < -0.4 is 5.32 Å². The lowest BCUT2D eigenvalue weighted by atomic mass is 10.1. The molecule has 0 heterocycles. The minimum Gasteiger partial charge on any atom is -0.383 e. The highest BCUT2D eigenvalue weighted by atomic mass is 35.5. The van der Waals surface area contributed by atoms with Crippen LogP contribution in [0.3, 0.4) is 0 Å². The minimum atomic E-state index is -0.282. The van der Waals surface area contributed by atoms with Crippen LogP contribution in [0.4, 0.5) is 5.69 Å². The molecular formula is C15H21ClN2O3. The first-order valence-electron chi connectivity index (χ1n) is 6.66. The number of hydrogen-bond donors (Lipinski definition) is 1. The lowest BCUT2D eigenvalue weighted by Crippen LogP contribution is -2.38. The molecule has 6 heteroatoms. The van der Waals surface area contributed by atoms with Gasteiger partial charge in [0.25, 0.3) is 0 Å². The molecule has 0 atom stereocenters. The van der Waals surface area contributed by atoms with Crippen LogP contribution in [0.15, 0.2) is 12.1 Å². The molecule has 0 bridgehead atoms. The van der Waals surface area contributed by atoms with E-state index in [1.807, 2.05) is 19.9 Å². The number of nitrogens with one attached hydrogen (secondary N) is 1. The molecule has 1 N–H and O–H groups in total. The summed E-state index contributed by atoms with van der Waals surface area (Å²) in [7, 11) is 1.55. The van der Waals surface area contributed by atoms with Crippen LogP contribution in [-0.2, 0) is 14.3 Å². The van der Waals surface area contributed by atoms with Gasteiger partial charge in [-0.1, -0.05) is 17.7 Å². The Kier molecular flexibility index (Phi) is 6.65. The second-order valence-corrected chi connectivity index (χ2v) is 5.33. The van der Waals surface area contributed by atoms with Gasteiger partial charge in [-0.3, -0.25) is 9.59 Å². The van der Waals surface area contributed by atoms with E-state index in [1.165, 1.54) is 11.8 Å². The second kappa shape index (κ2) is 8.00. The summed E-state index contributed by atoms with van der Waals surface area (Å²) in [6.45, 7) is 5.97. The standard InChI is InChI=1S/C15H21ClN2O3/c1-10-7-11(2)15(13(16)8-10)17-14(20)9-18(12(3)19)5-6-21-4/h7-8H,5-6,9H2,1-4H3,(H,17,20). The maximum atomic E-state index is 12.1. The van der Waals surface area contributed by atoms with Crippen molar-refractivity contribution in [1.82, 2.24) is 4.90 Å². The maximum Gasteiger partial charge on any atom is 0.244 e. The van der Waals surface area contributed by atoms with Crippen LogP contribution in [-0.4, -0.2) is 43.5 Å². The van der Waals surface area contributed by atoms with Crippen LogP contribution in [0, 0.1) is 13.8 Å². The molecule has 1 aromatic rings. The first-order chi connectivity index (χ1) is 9.85. The molecule has 0 aromatic heterocycles. The zero-order chi connectivity index (χ0) is 16.0. The number of nitrogens with zero attached hydrogens (tertiary/aromatic N) is 1. The zero-order valence-electron chi connectivity index (χ0n) is 12.8. The number of carbonyl (C=O) groups excluding carboxylic acids is 2. The van der Waals surface area contributed by atoms with E-state index < -0.39 is 0 Å². The zero-order valence-corrected chi connectivity index (χ0v) is 13.6. The summed E-state index contributed by atoms with van der Waals surface area (Å²) in [5.41, 5.74) is 2.50. The quantitative estimate of drug-likeness (QED) is 0.877. The number of aryl methyl sites for hydroxylation is 2. The van der Waals surface area contributed by atoms with Crippen molar-refractivity contribution in [2.45, 2.75) is 20.8 Å². The molecule has 0 fully saturated rings. The fourth-order valence-electron chi connectivity index (χ4n) is 1.98. The molecule has 0 spiro atoms. The van der Waals surface area contributed by atoms with Gasteiger partial charge in [-0.05, 0) is 31.0 Å². The first-order valence-corrected chi connectivity index (χ1v) is 7.04. The van der Waals surface area contributed by atoms with Gasteiger partial charge in [0.2, 0.25) is 11.8 Å². The Morgan fingerprint density at radius 1 is 1.33 bits per heavy atom. The second-order valence-electron chi connectivity index (χ2n) is 4.92. The van der Waals surface area contributed by atoms with Gasteiger partial charge in [0, 0.05) is 20.6 Å². The molecule has 0 unspecified atom stereocenters. The molecule has 0 aliphatic rings. The van der Waals surface area contributed by atoms with E-state index in [9.17, 15) is 9.59 Å². The number of ether oxygens (including phenoxy) is 1. The molecular weight excluding hydrogens is 292 g/mol. The predicted octanol–water partition coefficient (Wildman–Crippen LogP) is 2.39. The van der Waals surface area contributed by atoms with Crippen molar-refractivity contribution in [2.75, 3.05) is 32.1 Å². The number of carbonyl (C=O) groups is 2. The Morgan fingerprint density at radius 3 is 2.52 bits per heavy atom. The summed E-state index contributed by atoms with van der Waals surface area (Å²) in [6, 6.07) is 3.73.